The molecule has 0 atom stereocenters. The SMILES string of the molecule is CCCC1CCN(S(=O)(=O)c2cc(CCl)ccc2Cl)CC1. The molecule has 0 N–H and O–H groups in total. The normalized spacial score (nSPS) is 18.0. The lowest BCUT2D eigenvalue weighted by Crippen LogP contribution is -2.38. The molecule has 1 aliphatic heterocycles. The van der Waals surface area contributed by atoms with Crippen LogP contribution in [0.3, 0.4) is 0 Å². The van der Waals surface area contributed by atoms with Gasteiger partial charge in [0.1, 0.15) is 4.90 Å². The van der Waals surface area contributed by atoms with Crippen molar-refractivity contribution >= 4 is 33.2 Å². The monoisotopic (exact) mass is 349 g/mol. The molecule has 0 amide bonds. The van der Waals surface area contributed by atoms with Crippen LogP contribution >= 0.6 is 23.2 Å². The Morgan fingerprint density at radius 3 is 2.52 bits per heavy atom. The van der Waals surface area contributed by atoms with Gasteiger partial charge in [-0.15, -0.1) is 11.6 Å². The van der Waals surface area contributed by atoms with Crippen LogP contribution in [-0.4, -0.2) is 25.8 Å². The molecular formula is C15H21Cl2NO2S. The van der Waals surface area contributed by atoms with Crippen LogP contribution in [0.15, 0.2) is 23.1 Å². The third-order valence-corrected chi connectivity index (χ3v) is 6.73. The van der Waals surface area contributed by atoms with E-state index in [9.17, 15) is 8.42 Å². The maximum Gasteiger partial charge on any atom is 0.244 e. The zero-order valence-electron chi connectivity index (χ0n) is 12.2. The maximum absolute atomic E-state index is 12.7. The van der Waals surface area contributed by atoms with E-state index in [2.05, 4.69) is 6.92 Å². The van der Waals surface area contributed by atoms with Gasteiger partial charge in [0.2, 0.25) is 10.0 Å². The summed E-state index contributed by atoms with van der Waals surface area (Å²) >= 11 is 11.9. The molecule has 0 aromatic heterocycles. The molecule has 1 heterocycles. The average Bonchev–Trinajstić information content (AvgIpc) is 2.48. The van der Waals surface area contributed by atoms with Crippen molar-refractivity contribution in [1.82, 2.24) is 4.31 Å². The van der Waals surface area contributed by atoms with Crippen LogP contribution in [0.1, 0.15) is 38.2 Å². The van der Waals surface area contributed by atoms with Crippen LogP contribution in [-0.2, 0) is 15.9 Å². The summed E-state index contributed by atoms with van der Waals surface area (Å²) in [6, 6.07) is 4.95. The summed E-state index contributed by atoms with van der Waals surface area (Å²) in [7, 11) is -3.52. The van der Waals surface area contributed by atoms with E-state index in [1.165, 1.54) is 6.42 Å². The molecule has 0 bridgehead atoms. The van der Waals surface area contributed by atoms with Crippen molar-refractivity contribution in [2.45, 2.75) is 43.4 Å². The van der Waals surface area contributed by atoms with E-state index in [4.69, 9.17) is 23.2 Å². The molecule has 0 spiro atoms. The predicted molar refractivity (Wildman–Crippen MR) is 87.4 cm³/mol. The van der Waals surface area contributed by atoms with Crippen LogP contribution in [0.25, 0.3) is 0 Å². The number of piperidine rings is 1. The van der Waals surface area contributed by atoms with Crippen molar-refractivity contribution in [3.63, 3.8) is 0 Å². The molecule has 3 nitrogen and oxygen atoms in total. The molecule has 2 rings (SSSR count). The molecule has 0 aliphatic carbocycles. The van der Waals surface area contributed by atoms with Crippen LogP contribution in [0.2, 0.25) is 5.02 Å². The third-order valence-electron chi connectivity index (χ3n) is 4.04. The second-order valence-electron chi connectivity index (χ2n) is 5.53. The Hall–Kier alpha value is -0.290. The standard InChI is InChI=1S/C15H21Cl2NO2S/c1-2-3-12-6-8-18(9-7-12)21(19,20)15-10-13(11-16)4-5-14(15)17/h4-5,10,12H,2-3,6-9,11H2,1H3. The Morgan fingerprint density at radius 2 is 1.95 bits per heavy atom. The minimum Gasteiger partial charge on any atom is -0.207 e. The molecule has 0 saturated carbocycles. The van der Waals surface area contributed by atoms with Gasteiger partial charge >= 0.3 is 0 Å². The van der Waals surface area contributed by atoms with Crippen LogP contribution in [0, 0.1) is 5.92 Å². The summed E-state index contributed by atoms with van der Waals surface area (Å²) in [5.41, 5.74) is 0.764. The number of benzene rings is 1. The average molecular weight is 350 g/mol. The van der Waals surface area contributed by atoms with Crippen LogP contribution < -0.4 is 0 Å². The molecule has 0 radical (unpaired) electrons. The zero-order chi connectivity index (χ0) is 15.5. The van der Waals surface area contributed by atoms with E-state index in [1.54, 1.807) is 22.5 Å². The van der Waals surface area contributed by atoms with Crippen molar-refractivity contribution in [1.29, 1.82) is 0 Å². The molecule has 21 heavy (non-hydrogen) atoms. The highest BCUT2D eigenvalue weighted by atomic mass is 35.5. The van der Waals surface area contributed by atoms with Gasteiger partial charge in [0.15, 0.2) is 0 Å². The summed E-state index contributed by atoms with van der Waals surface area (Å²) in [6.07, 6.45) is 4.19. The van der Waals surface area contributed by atoms with Gasteiger partial charge in [0, 0.05) is 19.0 Å². The lowest BCUT2D eigenvalue weighted by atomic mass is 9.94. The summed E-state index contributed by atoms with van der Waals surface area (Å²) in [5, 5.41) is 0.263. The van der Waals surface area contributed by atoms with E-state index in [1.807, 2.05) is 0 Å². The number of halogens is 2. The number of hydrogen-bond acceptors (Lipinski definition) is 2. The molecule has 118 valence electrons. The topological polar surface area (TPSA) is 37.4 Å². The summed E-state index contributed by atoms with van der Waals surface area (Å²) < 4.78 is 27.0. The molecular weight excluding hydrogens is 329 g/mol. The van der Waals surface area contributed by atoms with E-state index < -0.39 is 10.0 Å². The van der Waals surface area contributed by atoms with Gasteiger partial charge in [-0.05, 0) is 36.5 Å². The van der Waals surface area contributed by atoms with Gasteiger partial charge < -0.3 is 0 Å². The number of rotatable bonds is 5. The van der Waals surface area contributed by atoms with Gasteiger partial charge in [-0.2, -0.15) is 4.31 Å². The van der Waals surface area contributed by atoms with Gasteiger partial charge in [0.25, 0.3) is 0 Å². The van der Waals surface area contributed by atoms with Gasteiger partial charge in [-0.1, -0.05) is 37.4 Å². The molecule has 6 heteroatoms. The van der Waals surface area contributed by atoms with Crippen LogP contribution in [0.5, 0.6) is 0 Å². The van der Waals surface area contributed by atoms with Gasteiger partial charge in [0.05, 0.1) is 5.02 Å². The van der Waals surface area contributed by atoms with Crippen molar-refractivity contribution in [3.05, 3.63) is 28.8 Å². The molecule has 1 fully saturated rings. The lowest BCUT2D eigenvalue weighted by Gasteiger charge is -2.31. The molecule has 1 aromatic rings. The van der Waals surface area contributed by atoms with Crippen molar-refractivity contribution < 1.29 is 8.42 Å². The Morgan fingerprint density at radius 1 is 1.29 bits per heavy atom. The second kappa shape index (κ2) is 7.32. The number of hydrogen-bond donors (Lipinski definition) is 0. The van der Waals surface area contributed by atoms with E-state index in [0.717, 1.165) is 24.8 Å². The highest BCUT2D eigenvalue weighted by Crippen LogP contribution is 2.30. The highest BCUT2D eigenvalue weighted by molar-refractivity contribution is 7.89. The summed E-state index contributed by atoms with van der Waals surface area (Å²) in [6.45, 7) is 3.32. The van der Waals surface area contributed by atoms with E-state index in [-0.39, 0.29) is 15.8 Å². The minimum absolute atomic E-state index is 0.177. The van der Waals surface area contributed by atoms with Crippen molar-refractivity contribution in [3.8, 4) is 0 Å². The Balaban J connectivity index is 2.19. The number of sulfonamides is 1. The molecule has 1 saturated heterocycles. The quantitative estimate of drug-likeness (QED) is 0.744. The van der Waals surface area contributed by atoms with Crippen molar-refractivity contribution in [2.75, 3.05) is 13.1 Å². The first-order chi connectivity index (χ1) is 9.98. The Labute approximate surface area is 137 Å². The van der Waals surface area contributed by atoms with Gasteiger partial charge in [-0.3, -0.25) is 0 Å². The van der Waals surface area contributed by atoms with Crippen molar-refractivity contribution in [2.24, 2.45) is 5.92 Å². The Kier molecular flexibility index (Phi) is 5.95. The fraction of sp³-hybridized carbons (Fsp3) is 0.600. The summed E-state index contributed by atoms with van der Waals surface area (Å²) in [4.78, 5) is 0.177. The maximum atomic E-state index is 12.7. The predicted octanol–water partition coefficient (Wildman–Crippen LogP) is 4.28. The Bertz CT molecular complexity index is 581. The fourth-order valence-corrected chi connectivity index (χ4v) is 4.97. The largest absolute Gasteiger partial charge is 0.244 e. The highest BCUT2D eigenvalue weighted by Gasteiger charge is 2.30. The minimum atomic E-state index is -3.52. The summed E-state index contributed by atoms with van der Waals surface area (Å²) in [5.74, 6) is 0.921. The molecule has 1 aliphatic rings. The smallest absolute Gasteiger partial charge is 0.207 e. The third kappa shape index (κ3) is 3.92. The fourth-order valence-electron chi connectivity index (χ4n) is 2.81. The number of nitrogens with zero attached hydrogens (tertiary/aromatic N) is 1. The molecule has 0 unspecified atom stereocenters. The first-order valence-electron chi connectivity index (χ1n) is 7.33. The van der Waals surface area contributed by atoms with E-state index in [0.29, 0.717) is 19.0 Å². The van der Waals surface area contributed by atoms with Gasteiger partial charge in [-0.25, -0.2) is 8.42 Å². The first-order valence-corrected chi connectivity index (χ1v) is 9.68. The first kappa shape index (κ1) is 17.1. The second-order valence-corrected chi connectivity index (χ2v) is 8.12. The lowest BCUT2D eigenvalue weighted by molar-refractivity contribution is 0.262. The molecule has 1 aromatic carbocycles. The van der Waals surface area contributed by atoms with E-state index >= 15 is 0 Å². The van der Waals surface area contributed by atoms with Crippen LogP contribution in [0.4, 0.5) is 0 Å². The number of alkyl halides is 1. The zero-order valence-corrected chi connectivity index (χ0v) is 14.5.